The van der Waals surface area contributed by atoms with Crippen LogP contribution in [0.25, 0.3) is 11.1 Å². The summed E-state index contributed by atoms with van der Waals surface area (Å²) in [6.07, 6.45) is 5.29. The molecule has 5 rings (SSSR count). The average molecular weight is 364 g/mol. The second-order valence-corrected chi connectivity index (χ2v) is 7.40. The average Bonchev–Trinajstić information content (AvgIpc) is 3.46. The van der Waals surface area contributed by atoms with Gasteiger partial charge in [0.2, 0.25) is 0 Å². The van der Waals surface area contributed by atoms with Crippen molar-refractivity contribution in [2.45, 2.75) is 37.5 Å². The van der Waals surface area contributed by atoms with Gasteiger partial charge in [0.05, 0.1) is 5.92 Å². The summed E-state index contributed by atoms with van der Waals surface area (Å²) in [6, 6.07) is 7.65. The predicted molar refractivity (Wildman–Crippen MR) is 98.7 cm³/mol. The fourth-order valence-electron chi connectivity index (χ4n) is 3.72. The highest BCUT2D eigenvalue weighted by atomic mass is 16.3. The van der Waals surface area contributed by atoms with Crippen LogP contribution in [0.15, 0.2) is 39.7 Å². The van der Waals surface area contributed by atoms with E-state index in [0.717, 1.165) is 36.8 Å². The lowest BCUT2D eigenvalue weighted by molar-refractivity contribution is 0.0696. The number of nitrogens with one attached hydrogen (secondary N) is 1. The number of nitrogens with zero attached hydrogens (tertiary/aromatic N) is 3. The fourth-order valence-corrected chi connectivity index (χ4v) is 3.72. The summed E-state index contributed by atoms with van der Waals surface area (Å²) >= 11 is 0. The summed E-state index contributed by atoms with van der Waals surface area (Å²) in [4.78, 5) is 38.6. The van der Waals surface area contributed by atoms with Gasteiger partial charge in [0, 0.05) is 25.2 Å². The second kappa shape index (κ2) is 6.33. The molecule has 2 aliphatic rings. The minimum absolute atomic E-state index is 0.0351. The molecule has 1 amide bonds. The molecular formula is C20H20N4O3. The maximum absolute atomic E-state index is 12.9. The van der Waals surface area contributed by atoms with E-state index in [1.807, 2.05) is 24.3 Å². The second-order valence-electron chi connectivity index (χ2n) is 7.40. The monoisotopic (exact) mass is 364 g/mol. The number of hydrogen-bond acceptors (Lipinski definition) is 5. The Morgan fingerprint density at radius 3 is 2.81 bits per heavy atom. The SMILES string of the molecule is O=C(c1cnc(C2CC2)[nH]c1=O)N1CCC[C@H](c2nc3ccccc3o2)C1. The van der Waals surface area contributed by atoms with Gasteiger partial charge in [-0.25, -0.2) is 9.97 Å². The summed E-state index contributed by atoms with van der Waals surface area (Å²) in [6.45, 7) is 1.12. The summed E-state index contributed by atoms with van der Waals surface area (Å²) in [5, 5.41) is 0. The van der Waals surface area contributed by atoms with Gasteiger partial charge < -0.3 is 14.3 Å². The number of fused-ring (bicyclic) bond motifs is 1. The number of oxazole rings is 1. The number of aromatic nitrogens is 3. The number of hydrogen-bond donors (Lipinski definition) is 1. The fraction of sp³-hybridized carbons (Fsp3) is 0.400. The van der Waals surface area contributed by atoms with E-state index < -0.39 is 0 Å². The molecule has 138 valence electrons. The van der Waals surface area contributed by atoms with Crippen molar-refractivity contribution in [2.24, 2.45) is 0 Å². The van der Waals surface area contributed by atoms with Crippen LogP contribution < -0.4 is 5.56 Å². The largest absolute Gasteiger partial charge is 0.440 e. The molecule has 0 unspecified atom stereocenters. The van der Waals surface area contributed by atoms with Crippen LogP contribution in [0.3, 0.4) is 0 Å². The number of piperidine rings is 1. The first kappa shape index (κ1) is 16.2. The minimum atomic E-state index is -0.346. The molecule has 1 saturated heterocycles. The van der Waals surface area contributed by atoms with E-state index in [9.17, 15) is 9.59 Å². The Morgan fingerprint density at radius 1 is 1.19 bits per heavy atom. The van der Waals surface area contributed by atoms with Gasteiger partial charge in [-0.2, -0.15) is 0 Å². The smallest absolute Gasteiger partial charge is 0.263 e. The van der Waals surface area contributed by atoms with E-state index in [4.69, 9.17) is 4.42 Å². The van der Waals surface area contributed by atoms with Crippen molar-refractivity contribution in [3.8, 4) is 0 Å². The molecule has 1 saturated carbocycles. The van der Waals surface area contributed by atoms with Gasteiger partial charge in [0.1, 0.15) is 16.9 Å². The van der Waals surface area contributed by atoms with Crippen molar-refractivity contribution in [1.29, 1.82) is 0 Å². The number of aromatic amines is 1. The van der Waals surface area contributed by atoms with Gasteiger partial charge in [-0.05, 0) is 37.8 Å². The number of benzene rings is 1. The first-order valence-electron chi connectivity index (χ1n) is 9.43. The van der Waals surface area contributed by atoms with E-state index in [-0.39, 0.29) is 22.9 Å². The van der Waals surface area contributed by atoms with Gasteiger partial charge in [-0.1, -0.05) is 12.1 Å². The van der Waals surface area contributed by atoms with Crippen molar-refractivity contribution < 1.29 is 9.21 Å². The molecule has 7 heteroatoms. The number of carbonyl (C=O) groups excluding carboxylic acids is 1. The summed E-state index contributed by atoms with van der Waals surface area (Å²) in [5.74, 6) is 1.46. The van der Waals surface area contributed by atoms with Crippen molar-refractivity contribution in [3.63, 3.8) is 0 Å². The van der Waals surface area contributed by atoms with Crippen molar-refractivity contribution >= 4 is 17.0 Å². The van der Waals surface area contributed by atoms with Crippen LogP contribution in [-0.2, 0) is 0 Å². The number of H-pyrrole nitrogens is 1. The molecule has 1 aromatic carbocycles. The Bertz CT molecular complexity index is 1030. The van der Waals surface area contributed by atoms with Crippen LogP contribution >= 0.6 is 0 Å². The lowest BCUT2D eigenvalue weighted by Crippen LogP contribution is -2.41. The molecule has 3 aromatic rings. The Hall–Kier alpha value is -2.96. The molecule has 0 radical (unpaired) electrons. The Balaban J connectivity index is 1.37. The van der Waals surface area contributed by atoms with E-state index in [2.05, 4.69) is 15.0 Å². The van der Waals surface area contributed by atoms with E-state index in [1.165, 1.54) is 6.20 Å². The number of likely N-dealkylation sites (tertiary alicyclic amines) is 1. The molecule has 2 fully saturated rings. The lowest BCUT2D eigenvalue weighted by atomic mass is 9.97. The summed E-state index contributed by atoms with van der Waals surface area (Å²) in [7, 11) is 0. The van der Waals surface area contributed by atoms with Gasteiger partial charge in [0.25, 0.3) is 11.5 Å². The molecule has 1 aliphatic heterocycles. The lowest BCUT2D eigenvalue weighted by Gasteiger charge is -2.31. The van der Waals surface area contributed by atoms with Crippen LogP contribution in [0, 0.1) is 0 Å². The van der Waals surface area contributed by atoms with Crippen LogP contribution in [0.1, 0.15) is 59.6 Å². The zero-order valence-electron chi connectivity index (χ0n) is 14.9. The number of amides is 1. The Kier molecular flexibility index (Phi) is 3.81. The van der Waals surface area contributed by atoms with Crippen LogP contribution in [0.5, 0.6) is 0 Å². The Labute approximate surface area is 155 Å². The molecule has 3 heterocycles. The highest BCUT2D eigenvalue weighted by molar-refractivity contribution is 5.93. The molecule has 1 aliphatic carbocycles. The van der Waals surface area contributed by atoms with E-state index in [0.29, 0.717) is 30.7 Å². The van der Waals surface area contributed by atoms with Crippen molar-refractivity contribution in [3.05, 3.63) is 58.1 Å². The molecule has 0 bridgehead atoms. The number of rotatable bonds is 3. The quantitative estimate of drug-likeness (QED) is 0.771. The number of para-hydroxylation sites is 2. The first-order valence-corrected chi connectivity index (χ1v) is 9.43. The molecule has 7 nitrogen and oxygen atoms in total. The maximum atomic E-state index is 12.9. The zero-order valence-corrected chi connectivity index (χ0v) is 14.9. The van der Waals surface area contributed by atoms with Gasteiger partial charge in [-0.15, -0.1) is 0 Å². The molecular weight excluding hydrogens is 344 g/mol. The third-order valence-electron chi connectivity index (χ3n) is 5.38. The third-order valence-corrected chi connectivity index (χ3v) is 5.38. The third kappa shape index (κ3) is 3.03. The molecule has 27 heavy (non-hydrogen) atoms. The summed E-state index contributed by atoms with van der Waals surface area (Å²) in [5.41, 5.74) is 1.35. The topological polar surface area (TPSA) is 92.1 Å². The standard InChI is InChI=1S/C20H20N4O3/c25-18-14(10-21-17(23-18)12-7-8-12)20(26)24-9-3-4-13(11-24)19-22-15-5-1-2-6-16(15)27-19/h1-2,5-6,10,12-13H,3-4,7-9,11H2,(H,21,23,25)/t13-/m0/s1. The Morgan fingerprint density at radius 2 is 2.04 bits per heavy atom. The minimum Gasteiger partial charge on any atom is -0.440 e. The molecule has 2 aromatic heterocycles. The maximum Gasteiger partial charge on any atom is 0.263 e. The van der Waals surface area contributed by atoms with E-state index >= 15 is 0 Å². The first-order chi connectivity index (χ1) is 13.2. The summed E-state index contributed by atoms with van der Waals surface area (Å²) < 4.78 is 5.88. The van der Waals surface area contributed by atoms with Crippen LogP contribution in [-0.4, -0.2) is 38.8 Å². The molecule has 1 atom stereocenters. The zero-order chi connectivity index (χ0) is 18.4. The van der Waals surface area contributed by atoms with Gasteiger partial charge in [-0.3, -0.25) is 9.59 Å². The molecule has 1 N–H and O–H groups in total. The number of carbonyl (C=O) groups is 1. The normalized spacial score (nSPS) is 20.1. The van der Waals surface area contributed by atoms with Crippen LogP contribution in [0.2, 0.25) is 0 Å². The van der Waals surface area contributed by atoms with Crippen molar-refractivity contribution in [2.75, 3.05) is 13.1 Å². The van der Waals surface area contributed by atoms with Crippen molar-refractivity contribution in [1.82, 2.24) is 19.9 Å². The highest BCUT2D eigenvalue weighted by Gasteiger charge is 2.31. The molecule has 0 spiro atoms. The predicted octanol–water partition coefficient (Wildman–Crippen LogP) is 2.81. The van der Waals surface area contributed by atoms with E-state index in [1.54, 1.807) is 4.90 Å². The van der Waals surface area contributed by atoms with Gasteiger partial charge >= 0.3 is 0 Å². The highest BCUT2D eigenvalue weighted by Crippen LogP contribution is 2.37. The van der Waals surface area contributed by atoms with Gasteiger partial charge in [0.15, 0.2) is 11.5 Å². The van der Waals surface area contributed by atoms with Crippen LogP contribution in [0.4, 0.5) is 0 Å².